The summed E-state index contributed by atoms with van der Waals surface area (Å²) in [5, 5.41) is 18.1. The van der Waals surface area contributed by atoms with Gasteiger partial charge in [-0.25, -0.2) is 4.39 Å². The molecule has 0 saturated carbocycles. The van der Waals surface area contributed by atoms with Gasteiger partial charge in [-0.15, -0.1) is 5.10 Å². The molecule has 0 spiro atoms. The number of fused-ring (bicyclic) bond motifs is 1. The average Bonchev–Trinajstić information content (AvgIpc) is 2.90. The van der Waals surface area contributed by atoms with Crippen LogP contribution in [0.3, 0.4) is 0 Å². The zero-order valence-corrected chi connectivity index (χ0v) is 12.7. The van der Waals surface area contributed by atoms with Gasteiger partial charge in [0.25, 0.3) is 0 Å². The Morgan fingerprint density at radius 1 is 1.29 bits per heavy atom. The molecular formula is C14H9F4N5S. The van der Waals surface area contributed by atoms with Gasteiger partial charge in [0.05, 0.1) is 5.52 Å². The number of halogens is 4. The van der Waals surface area contributed by atoms with E-state index in [1.54, 1.807) is 12.1 Å². The van der Waals surface area contributed by atoms with E-state index < -0.39 is 27.6 Å². The Bertz CT molecular complexity index is 989. The summed E-state index contributed by atoms with van der Waals surface area (Å²) in [6.45, 7) is 0. The van der Waals surface area contributed by atoms with Crippen LogP contribution < -0.4 is 4.80 Å². The van der Waals surface area contributed by atoms with Crippen LogP contribution in [0.5, 0.6) is 0 Å². The normalized spacial score (nSPS) is 11.8. The highest BCUT2D eigenvalue weighted by Gasteiger charge is 2.36. The van der Waals surface area contributed by atoms with E-state index in [-0.39, 0.29) is 23.3 Å². The molecule has 0 radical (unpaired) electrons. The van der Waals surface area contributed by atoms with E-state index in [4.69, 9.17) is 10.8 Å². The van der Waals surface area contributed by atoms with Crippen LogP contribution in [-0.2, 0) is 12.6 Å². The van der Waals surface area contributed by atoms with E-state index in [1.165, 1.54) is 18.3 Å². The predicted octanol–water partition coefficient (Wildman–Crippen LogP) is 3.20. The smallest absolute Gasteiger partial charge is 0.286 e. The van der Waals surface area contributed by atoms with Gasteiger partial charge in [0.2, 0.25) is 9.81 Å². The summed E-state index contributed by atoms with van der Waals surface area (Å²) in [4.78, 5) is 3.45. The second-order valence-electron chi connectivity index (χ2n) is 4.89. The molecule has 1 aromatic carbocycles. The molecule has 0 aliphatic rings. The van der Waals surface area contributed by atoms with Crippen molar-refractivity contribution in [1.29, 1.82) is 10.8 Å². The van der Waals surface area contributed by atoms with Crippen LogP contribution >= 0.6 is 11.3 Å². The number of alkyl halides is 3. The highest BCUT2D eigenvalue weighted by Crippen LogP contribution is 2.29. The van der Waals surface area contributed by atoms with Crippen molar-refractivity contribution in [1.82, 2.24) is 14.8 Å². The fraction of sp³-hybridized carbons (Fsp3) is 0.143. The van der Waals surface area contributed by atoms with Crippen LogP contribution in [0.1, 0.15) is 10.6 Å². The zero-order valence-electron chi connectivity index (χ0n) is 11.9. The molecule has 3 rings (SSSR count). The molecule has 0 saturated heterocycles. The fourth-order valence-electron chi connectivity index (χ4n) is 2.12. The monoisotopic (exact) mass is 355 g/mol. The molecule has 10 heteroatoms. The highest BCUT2D eigenvalue weighted by molar-refractivity contribution is 7.08. The number of nitrogens with zero attached hydrogens (tertiary/aromatic N) is 3. The predicted molar refractivity (Wildman–Crippen MR) is 79.5 cm³/mol. The molecule has 0 amide bonds. The number of aromatic nitrogens is 3. The number of pyridine rings is 1. The van der Waals surface area contributed by atoms with Crippen LogP contribution in [0.15, 0.2) is 30.5 Å². The first kappa shape index (κ1) is 16.2. The third-order valence-corrected chi connectivity index (χ3v) is 4.08. The van der Waals surface area contributed by atoms with E-state index in [0.717, 1.165) is 0 Å². The van der Waals surface area contributed by atoms with Gasteiger partial charge in [0, 0.05) is 24.1 Å². The third-order valence-electron chi connectivity index (χ3n) is 3.20. The zero-order chi connectivity index (χ0) is 17.5. The van der Waals surface area contributed by atoms with Crippen molar-refractivity contribution in [3.05, 3.63) is 51.7 Å². The summed E-state index contributed by atoms with van der Waals surface area (Å²) in [6.07, 6.45) is -3.47. The van der Waals surface area contributed by atoms with Gasteiger partial charge in [0.1, 0.15) is 11.7 Å². The molecule has 2 aromatic heterocycles. The lowest BCUT2D eigenvalue weighted by Gasteiger charge is -2.07. The van der Waals surface area contributed by atoms with Crippen molar-refractivity contribution < 1.29 is 17.6 Å². The molecule has 2 N–H and O–H groups in total. The second kappa shape index (κ2) is 5.78. The van der Waals surface area contributed by atoms with Gasteiger partial charge >= 0.3 is 6.18 Å². The summed E-state index contributed by atoms with van der Waals surface area (Å²) < 4.78 is 52.5. The Labute approximate surface area is 136 Å². The minimum Gasteiger partial charge on any atom is -0.286 e. The maximum atomic E-state index is 14.1. The lowest BCUT2D eigenvalue weighted by atomic mass is 10.1. The summed E-state index contributed by atoms with van der Waals surface area (Å²) in [7, 11) is 0. The quantitative estimate of drug-likeness (QED) is 0.421. The number of benzene rings is 1. The Morgan fingerprint density at radius 3 is 2.71 bits per heavy atom. The topological polar surface area (TPSA) is 78.4 Å². The summed E-state index contributed by atoms with van der Waals surface area (Å²) in [6, 6.07) is 6.06. The minimum absolute atomic E-state index is 0.116. The summed E-state index contributed by atoms with van der Waals surface area (Å²) in [5.74, 6) is -1.04. The molecule has 0 atom stereocenters. The van der Waals surface area contributed by atoms with Gasteiger partial charge in [-0.3, -0.25) is 15.8 Å². The van der Waals surface area contributed by atoms with Crippen molar-refractivity contribution in [3.63, 3.8) is 0 Å². The molecule has 124 valence electrons. The Kier molecular flexibility index (Phi) is 3.91. The molecule has 5 nitrogen and oxygen atoms in total. The van der Waals surface area contributed by atoms with E-state index >= 15 is 0 Å². The lowest BCUT2D eigenvalue weighted by Crippen LogP contribution is -2.25. The molecule has 0 unspecified atom stereocenters. The van der Waals surface area contributed by atoms with E-state index in [2.05, 4.69) is 10.1 Å². The molecule has 0 aliphatic carbocycles. The number of hydrogen-bond acceptors (Lipinski definition) is 5. The second-order valence-corrected chi connectivity index (χ2v) is 5.86. The van der Waals surface area contributed by atoms with Crippen molar-refractivity contribution in [2.75, 3.05) is 0 Å². The van der Waals surface area contributed by atoms with Gasteiger partial charge in [-0.05, 0) is 17.7 Å². The van der Waals surface area contributed by atoms with Crippen LogP contribution in [0, 0.1) is 16.6 Å². The van der Waals surface area contributed by atoms with Crippen molar-refractivity contribution in [2.24, 2.45) is 0 Å². The van der Waals surface area contributed by atoms with Crippen LogP contribution in [-0.4, -0.2) is 20.6 Å². The maximum absolute atomic E-state index is 14.1. The van der Waals surface area contributed by atoms with E-state index in [0.29, 0.717) is 15.6 Å². The van der Waals surface area contributed by atoms with E-state index in [1.807, 2.05) is 0 Å². The standard InChI is InChI=1S/C14H9F4N5S/c15-9-6-10-7(2-1-3-21-10)4-8(9)5-11(19)23-13(20)24-12(22-23)14(16,17)18/h1-4,6,19-20H,5H2. The van der Waals surface area contributed by atoms with Crippen LogP contribution in [0.2, 0.25) is 0 Å². The first-order valence-electron chi connectivity index (χ1n) is 6.58. The van der Waals surface area contributed by atoms with Gasteiger partial charge in [0.15, 0.2) is 0 Å². The van der Waals surface area contributed by atoms with Gasteiger partial charge in [-0.2, -0.15) is 17.9 Å². The SMILES string of the molecule is N=C(Cc1cc2cccnc2cc1F)n1nc(C(F)(F)F)sc1=N. The Balaban J connectivity index is 1.94. The lowest BCUT2D eigenvalue weighted by molar-refractivity contribution is -0.138. The first-order chi connectivity index (χ1) is 11.3. The van der Waals surface area contributed by atoms with Crippen LogP contribution in [0.4, 0.5) is 17.6 Å². The Morgan fingerprint density at radius 2 is 2.04 bits per heavy atom. The summed E-state index contributed by atoms with van der Waals surface area (Å²) in [5.41, 5.74) is 0.557. The fourth-order valence-corrected chi connectivity index (χ4v) is 2.78. The molecule has 0 fully saturated rings. The first-order valence-corrected chi connectivity index (χ1v) is 7.40. The number of hydrogen-bond donors (Lipinski definition) is 2. The van der Waals surface area contributed by atoms with Crippen LogP contribution in [0.25, 0.3) is 10.9 Å². The third kappa shape index (κ3) is 3.04. The molecule has 0 bridgehead atoms. The summed E-state index contributed by atoms with van der Waals surface area (Å²) >= 11 is 0.116. The molecular weight excluding hydrogens is 346 g/mol. The van der Waals surface area contributed by atoms with Crippen molar-refractivity contribution >= 4 is 28.1 Å². The minimum atomic E-state index is -4.69. The van der Waals surface area contributed by atoms with Gasteiger partial charge < -0.3 is 0 Å². The number of rotatable bonds is 2. The molecule has 24 heavy (non-hydrogen) atoms. The van der Waals surface area contributed by atoms with E-state index in [9.17, 15) is 17.6 Å². The van der Waals surface area contributed by atoms with Gasteiger partial charge in [-0.1, -0.05) is 17.4 Å². The highest BCUT2D eigenvalue weighted by atomic mass is 32.1. The molecule has 2 heterocycles. The molecule has 0 aliphatic heterocycles. The average molecular weight is 355 g/mol. The van der Waals surface area contributed by atoms with Crippen molar-refractivity contribution in [2.45, 2.75) is 12.6 Å². The number of nitrogens with one attached hydrogen (secondary N) is 2. The maximum Gasteiger partial charge on any atom is 0.445 e. The molecule has 3 aromatic rings. The van der Waals surface area contributed by atoms with Crippen molar-refractivity contribution in [3.8, 4) is 0 Å². The Hall–Kier alpha value is -2.62. The largest absolute Gasteiger partial charge is 0.445 e.